The van der Waals surface area contributed by atoms with Gasteiger partial charge >= 0.3 is 0 Å². The number of hydrogen-bond donors (Lipinski definition) is 0. The Morgan fingerprint density at radius 3 is 1.81 bits per heavy atom. The molecule has 0 heterocycles. The molecule has 0 N–H and O–H groups in total. The molecule has 0 aromatic heterocycles. The monoisotopic (exact) mass is 433 g/mol. The van der Waals surface area contributed by atoms with Crippen LogP contribution in [0.5, 0.6) is 0 Å². The van der Waals surface area contributed by atoms with Gasteiger partial charge in [-0.25, -0.2) is 0 Å². The molecule has 32 heavy (non-hydrogen) atoms. The third kappa shape index (κ3) is 8.77. The number of unbranched alkanes of at least 4 members (excludes halogenated alkanes) is 2. The zero-order valence-corrected chi connectivity index (χ0v) is 20.7. The first-order valence-corrected chi connectivity index (χ1v) is 13.9. The van der Waals surface area contributed by atoms with Crippen molar-refractivity contribution in [1.29, 1.82) is 5.26 Å². The molecule has 3 rings (SSSR count). The lowest BCUT2D eigenvalue weighted by molar-refractivity contribution is 0.140. The second kappa shape index (κ2) is 14.6. The van der Waals surface area contributed by atoms with Crippen molar-refractivity contribution in [3.63, 3.8) is 0 Å². The summed E-state index contributed by atoms with van der Waals surface area (Å²) in [5.41, 5.74) is 3.04. The molecule has 176 valence electrons. The number of rotatable bonds is 12. The van der Waals surface area contributed by atoms with E-state index in [0.29, 0.717) is 0 Å². The number of nitrogens with zero attached hydrogens (tertiary/aromatic N) is 1. The molecule has 1 aromatic carbocycles. The van der Waals surface area contributed by atoms with E-state index >= 15 is 0 Å². The Hall–Kier alpha value is -1.55. The highest BCUT2D eigenvalue weighted by molar-refractivity contribution is 5.22. The molecule has 0 amide bonds. The summed E-state index contributed by atoms with van der Waals surface area (Å²) >= 11 is 0. The zero-order chi connectivity index (χ0) is 22.4. The predicted octanol–water partition coefficient (Wildman–Crippen LogP) is 9.21. The van der Waals surface area contributed by atoms with Gasteiger partial charge in [-0.3, -0.25) is 0 Å². The Balaban J connectivity index is 1.24. The largest absolute Gasteiger partial charge is 0.193 e. The van der Waals surface area contributed by atoms with Crippen molar-refractivity contribution in [2.24, 2.45) is 23.7 Å². The summed E-state index contributed by atoms with van der Waals surface area (Å²) in [5.74, 6) is 3.96. The van der Waals surface area contributed by atoms with Crippen molar-refractivity contribution in [2.75, 3.05) is 0 Å². The molecule has 1 heteroatoms. The van der Waals surface area contributed by atoms with E-state index in [1.54, 1.807) is 6.08 Å². The standard InChI is InChI=1S/C31H47N/c1-2-3-9-26-13-15-27(16-14-26)11-6-7-12-29-19-23-31(24-20-29)30-21-17-28(18-22-30)10-5-4-8-25-32/h4,8,13-16,28-31H,2-3,5-7,9-12,17-24H2,1H3. The van der Waals surface area contributed by atoms with E-state index in [0.717, 1.165) is 30.1 Å². The molecule has 2 saturated carbocycles. The summed E-state index contributed by atoms with van der Waals surface area (Å²) in [6.45, 7) is 2.27. The van der Waals surface area contributed by atoms with Crippen molar-refractivity contribution in [2.45, 2.75) is 116 Å². The summed E-state index contributed by atoms with van der Waals surface area (Å²) in [5, 5.41) is 8.60. The summed E-state index contributed by atoms with van der Waals surface area (Å²) < 4.78 is 0. The van der Waals surface area contributed by atoms with Crippen LogP contribution < -0.4 is 0 Å². The third-order valence-electron chi connectivity index (χ3n) is 8.55. The van der Waals surface area contributed by atoms with Crippen LogP contribution >= 0.6 is 0 Å². The van der Waals surface area contributed by atoms with Gasteiger partial charge in [-0.2, -0.15) is 5.26 Å². The van der Waals surface area contributed by atoms with Crippen LogP contribution in [0, 0.1) is 35.0 Å². The van der Waals surface area contributed by atoms with Gasteiger partial charge < -0.3 is 0 Å². The summed E-state index contributed by atoms with van der Waals surface area (Å²) in [6, 6.07) is 11.6. The second-order valence-corrected chi connectivity index (χ2v) is 10.8. The molecule has 1 nitrogen and oxygen atoms in total. The van der Waals surface area contributed by atoms with Crippen LogP contribution in [0.2, 0.25) is 0 Å². The average molecular weight is 434 g/mol. The maximum Gasteiger partial charge on any atom is 0.0908 e. The molecular weight excluding hydrogens is 386 g/mol. The minimum atomic E-state index is 0.915. The highest BCUT2D eigenvalue weighted by Gasteiger charge is 2.30. The van der Waals surface area contributed by atoms with Crippen LogP contribution in [0.1, 0.15) is 114 Å². The van der Waals surface area contributed by atoms with Crippen molar-refractivity contribution in [3.05, 3.63) is 47.5 Å². The van der Waals surface area contributed by atoms with Gasteiger partial charge in [0.15, 0.2) is 0 Å². The molecule has 2 aliphatic rings. The van der Waals surface area contributed by atoms with E-state index in [4.69, 9.17) is 5.26 Å². The number of hydrogen-bond acceptors (Lipinski definition) is 1. The molecule has 0 atom stereocenters. The van der Waals surface area contributed by atoms with Crippen LogP contribution in [0.3, 0.4) is 0 Å². The van der Waals surface area contributed by atoms with E-state index in [-0.39, 0.29) is 0 Å². The Labute approximate surface area is 198 Å². The van der Waals surface area contributed by atoms with E-state index in [9.17, 15) is 0 Å². The fourth-order valence-electron chi connectivity index (χ4n) is 6.38. The second-order valence-electron chi connectivity index (χ2n) is 10.8. The van der Waals surface area contributed by atoms with Gasteiger partial charge in [-0.05, 0) is 99.0 Å². The molecule has 0 spiro atoms. The summed E-state index contributed by atoms with van der Waals surface area (Å²) in [7, 11) is 0. The lowest BCUT2D eigenvalue weighted by atomic mass is 9.68. The first-order chi connectivity index (χ1) is 15.8. The lowest BCUT2D eigenvalue weighted by Crippen LogP contribution is -2.25. The molecule has 2 fully saturated rings. The Bertz CT molecular complexity index is 678. The lowest BCUT2D eigenvalue weighted by Gasteiger charge is -2.38. The number of aryl methyl sites for hydroxylation is 2. The number of nitriles is 1. The van der Waals surface area contributed by atoms with Crippen LogP contribution in [0.25, 0.3) is 0 Å². The molecule has 0 aliphatic heterocycles. The van der Waals surface area contributed by atoms with E-state index in [1.165, 1.54) is 114 Å². The van der Waals surface area contributed by atoms with Crippen LogP contribution in [-0.4, -0.2) is 0 Å². The van der Waals surface area contributed by atoms with Gasteiger partial charge in [-0.1, -0.05) is 82.2 Å². The van der Waals surface area contributed by atoms with E-state index in [1.807, 2.05) is 0 Å². The first kappa shape index (κ1) is 25.1. The van der Waals surface area contributed by atoms with E-state index in [2.05, 4.69) is 43.3 Å². The quantitative estimate of drug-likeness (QED) is 0.238. The molecule has 0 unspecified atom stereocenters. The third-order valence-corrected chi connectivity index (χ3v) is 8.55. The normalized spacial score (nSPS) is 26.2. The van der Waals surface area contributed by atoms with Crippen LogP contribution in [-0.2, 0) is 12.8 Å². The minimum Gasteiger partial charge on any atom is -0.193 e. The topological polar surface area (TPSA) is 23.8 Å². The molecule has 1 aromatic rings. The maximum absolute atomic E-state index is 8.60. The van der Waals surface area contributed by atoms with Crippen LogP contribution in [0.15, 0.2) is 36.4 Å². The molecule has 0 radical (unpaired) electrons. The molecule has 0 bridgehead atoms. The van der Waals surface area contributed by atoms with Gasteiger partial charge in [0.2, 0.25) is 0 Å². The highest BCUT2D eigenvalue weighted by atomic mass is 14.4. The highest BCUT2D eigenvalue weighted by Crippen LogP contribution is 2.43. The first-order valence-electron chi connectivity index (χ1n) is 13.9. The smallest absolute Gasteiger partial charge is 0.0908 e. The van der Waals surface area contributed by atoms with Gasteiger partial charge in [-0.15, -0.1) is 0 Å². The van der Waals surface area contributed by atoms with Gasteiger partial charge in [0.05, 0.1) is 6.07 Å². The van der Waals surface area contributed by atoms with Gasteiger partial charge in [0.1, 0.15) is 0 Å². The van der Waals surface area contributed by atoms with Crippen molar-refractivity contribution >= 4 is 0 Å². The van der Waals surface area contributed by atoms with Gasteiger partial charge in [0.25, 0.3) is 0 Å². The maximum atomic E-state index is 8.60. The van der Waals surface area contributed by atoms with Gasteiger partial charge in [0, 0.05) is 6.08 Å². The average Bonchev–Trinajstić information content (AvgIpc) is 2.85. The zero-order valence-electron chi connectivity index (χ0n) is 20.7. The Morgan fingerprint density at radius 1 is 0.750 bits per heavy atom. The number of benzene rings is 1. The SMILES string of the molecule is CCCCc1ccc(CCCCC2CCC(C3CCC(CCC=CC#N)CC3)CC2)cc1. The number of allylic oxidation sites excluding steroid dienone is 2. The van der Waals surface area contributed by atoms with Crippen molar-refractivity contribution in [1.82, 2.24) is 0 Å². The predicted molar refractivity (Wildman–Crippen MR) is 137 cm³/mol. The minimum absolute atomic E-state index is 0.915. The van der Waals surface area contributed by atoms with Crippen LogP contribution in [0.4, 0.5) is 0 Å². The Kier molecular flexibility index (Phi) is 11.4. The van der Waals surface area contributed by atoms with Crippen molar-refractivity contribution in [3.8, 4) is 6.07 Å². The molecule has 0 saturated heterocycles. The molecule has 2 aliphatic carbocycles. The fourth-order valence-corrected chi connectivity index (χ4v) is 6.38. The van der Waals surface area contributed by atoms with E-state index < -0.39 is 0 Å². The fraction of sp³-hybridized carbons (Fsp3) is 0.710. The summed E-state index contributed by atoms with van der Waals surface area (Å²) in [6.07, 6.45) is 27.2. The summed E-state index contributed by atoms with van der Waals surface area (Å²) in [4.78, 5) is 0. The van der Waals surface area contributed by atoms with Crippen molar-refractivity contribution < 1.29 is 0 Å². The molecular formula is C31H47N. The Morgan fingerprint density at radius 2 is 1.28 bits per heavy atom.